The summed E-state index contributed by atoms with van der Waals surface area (Å²) in [6.45, 7) is 4.65. The highest BCUT2D eigenvalue weighted by Crippen LogP contribution is 2.25. The molecule has 4 nitrogen and oxygen atoms in total. The summed E-state index contributed by atoms with van der Waals surface area (Å²) in [5, 5.41) is 11.8. The SMILES string of the molecule is CC(C)C[C@H](CNC(=O)CC1CCSCC1)CC(=O)O. The molecule has 1 fully saturated rings. The number of rotatable bonds is 8. The average molecular weight is 301 g/mol. The van der Waals surface area contributed by atoms with Gasteiger partial charge in [0, 0.05) is 19.4 Å². The van der Waals surface area contributed by atoms with Crippen molar-refractivity contribution in [2.75, 3.05) is 18.1 Å². The van der Waals surface area contributed by atoms with Gasteiger partial charge in [-0.2, -0.15) is 11.8 Å². The highest BCUT2D eigenvalue weighted by molar-refractivity contribution is 7.99. The minimum Gasteiger partial charge on any atom is -0.481 e. The van der Waals surface area contributed by atoms with Crippen LogP contribution >= 0.6 is 11.8 Å². The van der Waals surface area contributed by atoms with E-state index in [1.807, 2.05) is 11.8 Å². The number of nitrogens with one attached hydrogen (secondary N) is 1. The summed E-state index contributed by atoms with van der Waals surface area (Å²) in [7, 11) is 0. The molecule has 0 spiro atoms. The quantitative estimate of drug-likeness (QED) is 0.723. The maximum atomic E-state index is 11.9. The molecule has 0 unspecified atom stereocenters. The van der Waals surface area contributed by atoms with Crippen LogP contribution in [0.5, 0.6) is 0 Å². The van der Waals surface area contributed by atoms with Crippen molar-refractivity contribution in [1.29, 1.82) is 0 Å². The minimum atomic E-state index is -0.783. The summed E-state index contributed by atoms with van der Waals surface area (Å²) in [5.74, 6) is 2.62. The second-order valence-corrected chi connectivity index (χ2v) is 7.38. The van der Waals surface area contributed by atoms with Gasteiger partial charge in [0.15, 0.2) is 0 Å². The Labute approximate surface area is 126 Å². The summed E-state index contributed by atoms with van der Waals surface area (Å²) < 4.78 is 0. The van der Waals surface area contributed by atoms with Gasteiger partial charge >= 0.3 is 5.97 Å². The van der Waals surface area contributed by atoms with E-state index in [4.69, 9.17) is 5.11 Å². The maximum absolute atomic E-state index is 11.9. The van der Waals surface area contributed by atoms with Crippen molar-refractivity contribution in [3.05, 3.63) is 0 Å². The Morgan fingerprint density at radius 2 is 1.95 bits per heavy atom. The van der Waals surface area contributed by atoms with Crippen LogP contribution in [0.15, 0.2) is 0 Å². The van der Waals surface area contributed by atoms with Gasteiger partial charge in [-0.15, -0.1) is 0 Å². The van der Waals surface area contributed by atoms with Gasteiger partial charge in [-0.05, 0) is 48.5 Å². The molecular weight excluding hydrogens is 274 g/mol. The fourth-order valence-electron chi connectivity index (χ4n) is 2.70. The Morgan fingerprint density at radius 3 is 2.50 bits per heavy atom. The molecule has 0 radical (unpaired) electrons. The third-order valence-corrected chi connectivity index (χ3v) is 4.72. The standard InChI is InChI=1S/C15H27NO3S/c1-11(2)7-13(9-15(18)19)10-16-14(17)8-12-3-5-20-6-4-12/h11-13H,3-10H2,1-2H3,(H,16,17)(H,18,19)/t13-/m0/s1. The Balaban J connectivity index is 2.29. The Hall–Kier alpha value is -0.710. The zero-order chi connectivity index (χ0) is 15.0. The van der Waals surface area contributed by atoms with Gasteiger partial charge in [0.2, 0.25) is 5.91 Å². The number of carbonyl (C=O) groups is 2. The van der Waals surface area contributed by atoms with E-state index in [2.05, 4.69) is 19.2 Å². The fourth-order valence-corrected chi connectivity index (χ4v) is 3.90. The van der Waals surface area contributed by atoms with Gasteiger partial charge in [0.05, 0.1) is 0 Å². The number of thioether (sulfide) groups is 1. The van der Waals surface area contributed by atoms with E-state index < -0.39 is 5.97 Å². The number of amides is 1. The molecule has 1 saturated heterocycles. The van der Waals surface area contributed by atoms with E-state index >= 15 is 0 Å². The van der Waals surface area contributed by atoms with E-state index in [0.29, 0.717) is 24.8 Å². The lowest BCUT2D eigenvalue weighted by molar-refractivity contribution is -0.138. The summed E-state index contributed by atoms with van der Waals surface area (Å²) >= 11 is 1.96. The van der Waals surface area contributed by atoms with Crippen molar-refractivity contribution in [1.82, 2.24) is 5.32 Å². The number of carboxylic acids is 1. The van der Waals surface area contributed by atoms with Crippen LogP contribution in [0.25, 0.3) is 0 Å². The smallest absolute Gasteiger partial charge is 0.303 e. The monoisotopic (exact) mass is 301 g/mol. The molecular formula is C15H27NO3S. The van der Waals surface area contributed by atoms with Crippen molar-refractivity contribution in [2.24, 2.45) is 17.8 Å². The summed E-state index contributed by atoms with van der Waals surface area (Å²) in [6.07, 6.45) is 3.83. The highest BCUT2D eigenvalue weighted by atomic mass is 32.2. The van der Waals surface area contributed by atoms with Crippen LogP contribution in [0, 0.1) is 17.8 Å². The Morgan fingerprint density at radius 1 is 1.30 bits per heavy atom. The second kappa shape index (κ2) is 9.27. The van der Waals surface area contributed by atoms with Gasteiger partial charge in [-0.25, -0.2) is 0 Å². The fraction of sp³-hybridized carbons (Fsp3) is 0.867. The first-order valence-electron chi connectivity index (χ1n) is 7.53. The molecule has 2 N–H and O–H groups in total. The number of carboxylic acid groups (broad SMARTS) is 1. The van der Waals surface area contributed by atoms with Crippen LogP contribution in [-0.4, -0.2) is 35.0 Å². The van der Waals surface area contributed by atoms with Gasteiger partial charge in [0.25, 0.3) is 0 Å². The van der Waals surface area contributed by atoms with Crippen molar-refractivity contribution in [3.63, 3.8) is 0 Å². The minimum absolute atomic E-state index is 0.0401. The zero-order valence-electron chi connectivity index (χ0n) is 12.6. The van der Waals surface area contributed by atoms with E-state index in [1.165, 1.54) is 0 Å². The third kappa shape index (κ3) is 7.78. The lowest BCUT2D eigenvalue weighted by atomic mass is 9.93. The average Bonchev–Trinajstić information content (AvgIpc) is 2.36. The van der Waals surface area contributed by atoms with Crippen molar-refractivity contribution in [3.8, 4) is 0 Å². The van der Waals surface area contributed by atoms with Crippen LogP contribution in [-0.2, 0) is 9.59 Å². The molecule has 1 heterocycles. The van der Waals surface area contributed by atoms with Crippen LogP contribution in [0.3, 0.4) is 0 Å². The van der Waals surface area contributed by atoms with Gasteiger partial charge in [0.1, 0.15) is 0 Å². The van der Waals surface area contributed by atoms with E-state index in [-0.39, 0.29) is 18.2 Å². The number of aliphatic carboxylic acids is 1. The lowest BCUT2D eigenvalue weighted by Gasteiger charge is -2.22. The first-order valence-corrected chi connectivity index (χ1v) is 8.69. The molecule has 1 rings (SSSR count). The summed E-state index contributed by atoms with van der Waals surface area (Å²) in [6, 6.07) is 0. The normalized spacial score (nSPS) is 17.9. The molecule has 1 aliphatic rings. The first kappa shape index (κ1) is 17.3. The topological polar surface area (TPSA) is 66.4 Å². The van der Waals surface area contributed by atoms with Crippen molar-refractivity contribution in [2.45, 2.75) is 46.0 Å². The molecule has 5 heteroatoms. The summed E-state index contributed by atoms with van der Waals surface area (Å²) in [4.78, 5) is 22.8. The van der Waals surface area contributed by atoms with Crippen molar-refractivity contribution < 1.29 is 14.7 Å². The molecule has 0 saturated carbocycles. The lowest BCUT2D eigenvalue weighted by Crippen LogP contribution is -2.32. The van der Waals surface area contributed by atoms with Crippen LogP contribution < -0.4 is 5.32 Å². The molecule has 1 amide bonds. The van der Waals surface area contributed by atoms with E-state index in [9.17, 15) is 9.59 Å². The number of hydrogen-bond acceptors (Lipinski definition) is 3. The number of hydrogen-bond donors (Lipinski definition) is 2. The van der Waals surface area contributed by atoms with Gasteiger partial charge in [-0.3, -0.25) is 9.59 Å². The molecule has 0 aliphatic carbocycles. The summed E-state index contributed by atoms with van der Waals surface area (Å²) in [5.41, 5.74) is 0. The van der Waals surface area contributed by atoms with Crippen LogP contribution in [0.4, 0.5) is 0 Å². The zero-order valence-corrected chi connectivity index (χ0v) is 13.4. The molecule has 0 bridgehead atoms. The molecule has 1 atom stereocenters. The maximum Gasteiger partial charge on any atom is 0.303 e. The molecule has 0 aromatic rings. The number of carbonyl (C=O) groups excluding carboxylic acids is 1. The third-order valence-electron chi connectivity index (χ3n) is 3.67. The predicted molar refractivity (Wildman–Crippen MR) is 82.9 cm³/mol. The van der Waals surface area contributed by atoms with Gasteiger partial charge < -0.3 is 10.4 Å². The van der Waals surface area contributed by atoms with E-state index in [1.54, 1.807) is 0 Å². The highest BCUT2D eigenvalue weighted by Gasteiger charge is 2.19. The second-order valence-electron chi connectivity index (χ2n) is 6.16. The largest absolute Gasteiger partial charge is 0.481 e. The molecule has 116 valence electrons. The molecule has 0 aromatic carbocycles. The Kier molecular flexibility index (Phi) is 8.04. The van der Waals surface area contributed by atoms with Gasteiger partial charge in [-0.1, -0.05) is 13.8 Å². The van der Waals surface area contributed by atoms with Crippen molar-refractivity contribution >= 4 is 23.6 Å². The van der Waals surface area contributed by atoms with E-state index in [0.717, 1.165) is 30.8 Å². The predicted octanol–water partition coefficient (Wildman–Crippen LogP) is 2.77. The van der Waals surface area contributed by atoms with Crippen LogP contribution in [0.2, 0.25) is 0 Å². The molecule has 20 heavy (non-hydrogen) atoms. The first-order chi connectivity index (χ1) is 9.47. The Bertz CT molecular complexity index is 314. The van der Waals surface area contributed by atoms with Crippen LogP contribution in [0.1, 0.15) is 46.0 Å². The molecule has 1 aliphatic heterocycles. The molecule has 0 aromatic heterocycles.